The molecule has 2 aromatic carbocycles. The van der Waals surface area contributed by atoms with E-state index >= 15 is 0 Å². The minimum Gasteiger partial charge on any atom is -0.867 e. The molecule has 0 heterocycles. The standard InChI is InChI=1S/C18H18ClN3O4/c1-18(2,3)13-6-4-11(5-7-13)17(24)21-20-10-12-8-14(19)9-15(16(12)23)22(25)26/h4-10,23H,1-3H3,(H,21,24)/p-1/b20-10-. The lowest BCUT2D eigenvalue weighted by atomic mass is 9.87. The zero-order valence-corrected chi connectivity index (χ0v) is 15.2. The van der Waals surface area contributed by atoms with Gasteiger partial charge in [-0.3, -0.25) is 14.9 Å². The van der Waals surface area contributed by atoms with Gasteiger partial charge < -0.3 is 5.11 Å². The molecule has 0 saturated heterocycles. The van der Waals surface area contributed by atoms with Crippen LogP contribution in [0.5, 0.6) is 5.75 Å². The zero-order valence-electron chi connectivity index (χ0n) is 14.4. The number of hydrogen-bond acceptors (Lipinski definition) is 5. The largest absolute Gasteiger partial charge is 0.867 e. The van der Waals surface area contributed by atoms with Gasteiger partial charge in [0.05, 0.1) is 11.1 Å². The first kappa shape index (κ1) is 19.4. The van der Waals surface area contributed by atoms with Gasteiger partial charge >= 0.3 is 0 Å². The van der Waals surface area contributed by atoms with Crippen molar-refractivity contribution < 1.29 is 14.8 Å². The zero-order chi connectivity index (χ0) is 19.5. The summed E-state index contributed by atoms with van der Waals surface area (Å²) in [5.41, 5.74) is 2.99. The number of benzene rings is 2. The molecule has 7 nitrogen and oxygen atoms in total. The number of hydrazone groups is 1. The van der Waals surface area contributed by atoms with Gasteiger partial charge in [-0.15, -0.1) is 0 Å². The van der Waals surface area contributed by atoms with Crippen LogP contribution in [0, 0.1) is 10.1 Å². The number of nitro groups is 1. The molecule has 136 valence electrons. The van der Waals surface area contributed by atoms with E-state index in [9.17, 15) is 20.0 Å². The number of hydrogen-bond donors (Lipinski definition) is 1. The van der Waals surface area contributed by atoms with E-state index in [0.717, 1.165) is 17.8 Å². The monoisotopic (exact) mass is 374 g/mol. The number of nitrogens with zero attached hydrogens (tertiary/aromatic N) is 2. The van der Waals surface area contributed by atoms with E-state index in [0.29, 0.717) is 5.56 Å². The molecular formula is C18H17ClN3O4-. The normalized spacial score (nSPS) is 11.5. The molecule has 0 bridgehead atoms. The fraction of sp³-hybridized carbons (Fsp3) is 0.222. The second kappa shape index (κ2) is 7.53. The molecule has 26 heavy (non-hydrogen) atoms. The molecule has 1 amide bonds. The second-order valence-electron chi connectivity index (χ2n) is 6.63. The number of carbonyl (C=O) groups excluding carboxylic acids is 1. The van der Waals surface area contributed by atoms with Crippen LogP contribution >= 0.6 is 11.6 Å². The molecule has 2 aromatic rings. The van der Waals surface area contributed by atoms with Gasteiger partial charge in [0.2, 0.25) is 0 Å². The van der Waals surface area contributed by atoms with Gasteiger partial charge in [-0.25, -0.2) is 5.43 Å². The molecule has 0 spiro atoms. The lowest BCUT2D eigenvalue weighted by molar-refractivity contribution is -0.398. The average molecular weight is 375 g/mol. The fourth-order valence-electron chi connectivity index (χ4n) is 2.18. The first-order valence-electron chi connectivity index (χ1n) is 7.68. The van der Waals surface area contributed by atoms with Crippen LogP contribution in [-0.2, 0) is 5.41 Å². The summed E-state index contributed by atoms with van der Waals surface area (Å²) < 4.78 is 0. The predicted molar refractivity (Wildman–Crippen MR) is 97.8 cm³/mol. The molecule has 2 rings (SSSR count). The van der Waals surface area contributed by atoms with Crippen LogP contribution in [0.25, 0.3) is 0 Å². The maximum absolute atomic E-state index is 12.1. The first-order valence-corrected chi connectivity index (χ1v) is 8.06. The highest BCUT2D eigenvalue weighted by Gasteiger charge is 2.14. The number of carbonyl (C=O) groups is 1. The molecule has 0 atom stereocenters. The Bertz CT molecular complexity index is 871. The maximum Gasteiger partial charge on any atom is 0.271 e. The fourth-order valence-corrected chi connectivity index (χ4v) is 2.40. The van der Waals surface area contributed by atoms with Gasteiger partial charge in [-0.1, -0.05) is 44.5 Å². The van der Waals surface area contributed by atoms with E-state index < -0.39 is 22.3 Å². The van der Waals surface area contributed by atoms with Crippen molar-refractivity contribution in [2.75, 3.05) is 0 Å². The SMILES string of the molecule is CC(C)(C)c1ccc(C(=O)N/N=C\c2cc(Cl)cc([N+](=O)[O-])c2[O-])cc1. The smallest absolute Gasteiger partial charge is 0.271 e. The van der Waals surface area contributed by atoms with E-state index in [4.69, 9.17) is 11.6 Å². The molecule has 0 unspecified atom stereocenters. The highest BCUT2D eigenvalue weighted by Crippen LogP contribution is 2.30. The molecule has 0 radical (unpaired) electrons. The minimum absolute atomic E-state index is 0.0288. The predicted octanol–water partition coefficient (Wildman–Crippen LogP) is 3.38. The molecule has 8 heteroatoms. The van der Waals surface area contributed by atoms with E-state index in [1.54, 1.807) is 12.1 Å². The van der Waals surface area contributed by atoms with Crippen LogP contribution in [0.2, 0.25) is 5.02 Å². The van der Waals surface area contributed by atoms with Crippen molar-refractivity contribution >= 4 is 29.4 Å². The number of halogens is 1. The van der Waals surface area contributed by atoms with Crippen LogP contribution in [0.3, 0.4) is 0 Å². The van der Waals surface area contributed by atoms with Gasteiger partial charge in [0.25, 0.3) is 11.6 Å². The molecule has 0 aliphatic rings. The topological polar surface area (TPSA) is 108 Å². The van der Waals surface area contributed by atoms with Crippen LogP contribution < -0.4 is 10.5 Å². The summed E-state index contributed by atoms with van der Waals surface area (Å²) in [5, 5.41) is 26.5. The van der Waals surface area contributed by atoms with Crippen molar-refractivity contribution in [3.8, 4) is 5.75 Å². The van der Waals surface area contributed by atoms with E-state index in [2.05, 4.69) is 31.3 Å². The van der Waals surface area contributed by atoms with Crippen molar-refractivity contribution in [1.29, 1.82) is 0 Å². The quantitative estimate of drug-likeness (QED) is 0.502. The summed E-state index contributed by atoms with van der Waals surface area (Å²) in [6, 6.07) is 9.27. The van der Waals surface area contributed by atoms with Gasteiger partial charge in [0.1, 0.15) is 0 Å². The van der Waals surface area contributed by atoms with Gasteiger partial charge in [-0.2, -0.15) is 5.10 Å². The highest BCUT2D eigenvalue weighted by atomic mass is 35.5. The summed E-state index contributed by atoms with van der Waals surface area (Å²) >= 11 is 5.76. The number of rotatable bonds is 4. The Labute approximate surface area is 155 Å². The van der Waals surface area contributed by atoms with Gasteiger partial charge in [-0.05, 0) is 40.5 Å². The van der Waals surface area contributed by atoms with Crippen molar-refractivity contribution in [3.05, 3.63) is 68.2 Å². The molecule has 0 saturated carbocycles. The third-order valence-electron chi connectivity index (χ3n) is 3.64. The summed E-state index contributed by atoms with van der Waals surface area (Å²) in [6.45, 7) is 6.20. The van der Waals surface area contributed by atoms with Gasteiger partial charge in [0, 0.05) is 16.7 Å². The van der Waals surface area contributed by atoms with E-state index in [1.807, 2.05) is 12.1 Å². The number of nitrogens with one attached hydrogen (secondary N) is 1. The molecule has 0 fully saturated rings. The lowest BCUT2D eigenvalue weighted by Crippen LogP contribution is -2.18. The van der Waals surface area contributed by atoms with Crippen LogP contribution in [0.4, 0.5) is 5.69 Å². The molecule has 0 aromatic heterocycles. The number of nitro benzene ring substituents is 1. The molecule has 0 aliphatic carbocycles. The van der Waals surface area contributed by atoms with Crippen LogP contribution in [0.15, 0.2) is 41.5 Å². The Hall–Kier alpha value is -2.93. The lowest BCUT2D eigenvalue weighted by Gasteiger charge is -2.18. The molecule has 0 aliphatic heterocycles. The Kier molecular flexibility index (Phi) is 5.62. The Morgan fingerprint density at radius 2 is 1.85 bits per heavy atom. The van der Waals surface area contributed by atoms with E-state index in [1.165, 1.54) is 6.07 Å². The Morgan fingerprint density at radius 1 is 1.23 bits per heavy atom. The van der Waals surface area contributed by atoms with Crippen molar-refractivity contribution in [2.24, 2.45) is 5.10 Å². The van der Waals surface area contributed by atoms with Crippen LogP contribution in [-0.4, -0.2) is 17.0 Å². The number of amides is 1. The molecular weight excluding hydrogens is 358 g/mol. The maximum atomic E-state index is 12.1. The summed E-state index contributed by atoms with van der Waals surface area (Å²) in [6.07, 6.45) is 1.03. The van der Waals surface area contributed by atoms with Crippen LogP contribution in [0.1, 0.15) is 42.3 Å². The Balaban J connectivity index is 2.13. The molecule has 1 N–H and O–H groups in total. The van der Waals surface area contributed by atoms with Gasteiger partial charge in [0.15, 0.2) is 0 Å². The summed E-state index contributed by atoms with van der Waals surface area (Å²) in [4.78, 5) is 22.1. The summed E-state index contributed by atoms with van der Waals surface area (Å²) in [5.74, 6) is -1.29. The second-order valence-corrected chi connectivity index (χ2v) is 7.06. The highest BCUT2D eigenvalue weighted by molar-refractivity contribution is 6.31. The third kappa shape index (κ3) is 4.58. The van der Waals surface area contributed by atoms with Crippen molar-refractivity contribution in [1.82, 2.24) is 5.43 Å². The summed E-state index contributed by atoms with van der Waals surface area (Å²) in [7, 11) is 0. The Morgan fingerprint density at radius 3 is 2.38 bits per heavy atom. The van der Waals surface area contributed by atoms with Crippen molar-refractivity contribution in [3.63, 3.8) is 0 Å². The average Bonchev–Trinajstić information content (AvgIpc) is 2.56. The minimum atomic E-state index is -0.827. The third-order valence-corrected chi connectivity index (χ3v) is 3.86. The van der Waals surface area contributed by atoms with Crippen molar-refractivity contribution in [2.45, 2.75) is 26.2 Å². The van der Waals surface area contributed by atoms with E-state index in [-0.39, 0.29) is 16.0 Å². The first-order chi connectivity index (χ1) is 12.1.